The van der Waals surface area contributed by atoms with Crippen LogP contribution >= 0.6 is 35.0 Å². The van der Waals surface area contributed by atoms with E-state index in [0.717, 1.165) is 11.8 Å². The van der Waals surface area contributed by atoms with E-state index in [4.69, 9.17) is 42.1 Å². The predicted molar refractivity (Wildman–Crippen MR) is 119 cm³/mol. The lowest BCUT2D eigenvalue weighted by atomic mass is 10.2. The summed E-state index contributed by atoms with van der Waals surface area (Å²) in [5.74, 6) is 2.12. The third-order valence-corrected chi connectivity index (χ3v) is 6.13. The summed E-state index contributed by atoms with van der Waals surface area (Å²) in [6.07, 6.45) is 0. The van der Waals surface area contributed by atoms with Gasteiger partial charge in [-0.25, -0.2) is 19.9 Å². The number of aromatic nitrogens is 4. The van der Waals surface area contributed by atoms with Crippen LogP contribution in [0.5, 0.6) is 23.0 Å². The minimum absolute atomic E-state index is 0.166. The van der Waals surface area contributed by atoms with Crippen molar-refractivity contribution in [2.75, 3.05) is 28.4 Å². The van der Waals surface area contributed by atoms with E-state index in [-0.39, 0.29) is 10.3 Å². The first-order valence-electron chi connectivity index (χ1n) is 8.85. The third kappa shape index (κ3) is 3.84. The Balaban J connectivity index is 1.87. The molecule has 0 bridgehead atoms. The average molecular weight is 479 g/mol. The van der Waals surface area contributed by atoms with Crippen molar-refractivity contribution < 1.29 is 18.9 Å². The molecule has 0 saturated heterocycles. The number of ether oxygens (including phenoxy) is 4. The average Bonchev–Trinajstić information content (AvgIpc) is 2.78. The summed E-state index contributed by atoms with van der Waals surface area (Å²) in [5.41, 5.74) is 1.97. The molecular formula is C20H16Cl2N4O4S. The Morgan fingerprint density at radius 3 is 1.13 bits per heavy atom. The molecule has 0 aliphatic carbocycles. The molecule has 0 unspecified atom stereocenters. The molecular weight excluding hydrogens is 463 g/mol. The van der Waals surface area contributed by atoms with E-state index in [1.165, 1.54) is 0 Å². The highest BCUT2D eigenvalue weighted by Crippen LogP contribution is 2.40. The lowest BCUT2D eigenvalue weighted by Crippen LogP contribution is -1.98. The maximum atomic E-state index is 6.43. The number of benzene rings is 2. The van der Waals surface area contributed by atoms with Crippen LogP contribution in [0.1, 0.15) is 0 Å². The van der Waals surface area contributed by atoms with E-state index in [2.05, 4.69) is 19.9 Å². The van der Waals surface area contributed by atoms with Crippen molar-refractivity contribution in [3.05, 3.63) is 34.6 Å². The Kier molecular flexibility index (Phi) is 6.08. The first-order valence-corrected chi connectivity index (χ1v) is 10.4. The van der Waals surface area contributed by atoms with Crippen LogP contribution in [0.3, 0.4) is 0 Å². The van der Waals surface area contributed by atoms with Crippen LogP contribution in [-0.2, 0) is 0 Å². The summed E-state index contributed by atoms with van der Waals surface area (Å²) < 4.78 is 21.6. The van der Waals surface area contributed by atoms with Gasteiger partial charge in [0.25, 0.3) is 0 Å². The second-order valence-corrected chi connectivity index (χ2v) is 7.77. The third-order valence-electron chi connectivity index (χ3n) is 4.43. The fourth-order valence-electron chi connectivity index (χ4n) is 2.99. The molecule has 8 nitrogen and oxygen atoms in total. The summed E-state index contributed by atoms with van der Waals surface area (Å²) in [6.45, 7) is 0. The molecule has 0 saturated carbocycles. The van der Waals surface area contributed by atoms with Crippen LogP contribution < -0.4 is 18.9 Å². The van der Waals surface area contributed by atoms with Crippen molar-refractivity contribution in [2.45, 2.75) is 10.1 Å². The van der Waals surface area contributed by atoms with Crippen LogP contribution in [-0.4, -0.2) is 48.4 Å². The van der Waals surface area contributed by atoms with Gasteiger partial charge in [-0.2, -0.15) is 0 Å². The molecule has 0 atom stereocenters. The Bertz CT molecular complexity index is 1210. The molecule has 4 aromatic rings. The number of fused-ring (bicyclic) bond motifs is 2. The summed E-state index contributed by atoms with van der Waals surface area (Å²) in [7, 11) is 6.20. The van der Waals surface area contributed by atoms with Gasteiger partial charge in [0.1, 0.15) is 55.1 Å². The van der Waals surface area contributed by atoms with Crippen LogP contribution in [0.15, 0.2) is 34.3 Å². The molecule has 4 rings (SSSR count). The van der Waals surface area contributed by atoms with Gasteiger partial charge in [-0.1, -0.05) is 23.2 Å². The van der Waals surface area contributed by atoms with Gasteiger partial charge in [0, 0.05) is 0 Å². The first-order chi connectivity index (χ1) is 15.0. The van der Waals surface area contributed by atoms with E-state index >= 15 is 0 Å². The molecule has 160 valence electrons. The molecule has 2 aromatic heterocycles. The predicted octanol–water partition coefficient (Wildman–Crippen LogP) is 5.07. The smallest absolute Gasteiger partial charge is 0.162 e. The standard InChI is InChI=1S/C20H16Cl2N4O4S/c1-27-9-5-7-11(29-3)15-13(9)23-17(21)19(25-15)31-20-18(22)24-14-10(28-2)6-8-12(30-4)16(14)26-20/h5-8H,1-4H3. The molecule has 2 aromatic carbocycles. The van der Waals surface area contributed by atoms with Gasteiger partial charge in [-0.05, 0) is 36.0 Å². The van der Waals surface area contributed by atoms with E-state index in [1.54, 1.807) is 52.7 Å². The van der Waals surface area contributed by atoms with Gasteiger partial charge in [0.05, 0.1) is 28.4 Å². The molecule has 0 aliphatic rings. The van der Waals surface area contributed by atoms with Gasteiger partial charge in [0.2, 0.25) is 0 Å². The van der Waals surface area contributed by atoms with Crippen LogP contribution in [0.2, 0.25) is 10.3 Å². The van der Waals surface area contributed by atoms with Gasteiger partial charge < -0.3 is 18.9 Å². The Hall–Kier alpha value is -2.75. The second-order valence-electron chi connectivity index (χ2n) is 6.08. The molecule has 11 heteroatoms. The summed E-state index contributed by atoms with van der Waals surface area (Å²) in [4.78, 5) is 18.1. The van der Waals surface area contributed by atoms with Crippen LogP contribution in [0.4, 0.5) is 0 Å². The van der Waals surface area contributed by atoms with E-state index in [1.807, 2.05) is 0 Å². The molecule has 0 N–H and O–H groups in total. The monoisotopic (exact) mass is 478 g/mol. The van der Waals surface area contributed by atoms with Gasteiger partial charge in [0.15, 0.2) is 10.3 Å². The number of halogens is 2. The maximum absolute atomic E-state index is 6.43. The van der Waals surface area contributed by atoms with Gasteiger partial charge in [-0.3, -0.25) is 0 Å². The normalized spacial score (nSPS) is 11.0. The second kappa shape index (κ2) is 8.78. The highest BCUT2D eigenvalue weighted by Gasteiger charge is 2.20. The highest BCUT2D eigenvalue weighted by molar-refractivity contribution is 7.99. The summed E-state index contributed by atoms with van der Waals surface area (Å²) >= 11 is 14.0. The Morgan fingerprint density at radius 1 is 0.548 bits per heavy atom. The molecule has 0 amide bonds. The molecule has 31 heavy (non-hydrogen) atoms. The fourth-order valence-corrected chi connectivity index (χ4v) is 4.19. The van der Waals surface area contributed by atoms with Crippen LogP contribution in [0.25, 0.3) is 22.1 Å². The van der Waals surface area contributed by atoms with Crippen molar-refractivity contribution >= 4 is 57.0 Å². The SMILES string of the molecule is COc1ccc(OC)c2nc(Sc3nc4c(OC)ccc(OC)c4nc3Cl)c(Cl)nc12. The minimum atomic E-state index is 0.166. The lowest BCUT2D eigenvalue weighted by Gasteiger charge is -2.12. The number of hydrogen-bond donors (Lipinski definition) is 0. The Labute approximate surface area is 191 Å². The largest absolute Gasteiger partial charge is 0.494 e. The van der Waals surface area contributed by atoms with E-state index < -0.39 is 0 Å². The van der Waals surface area contributed by atoms with Crippen molar-refractivity contribution in [1.82, 2.24) is 19.9 Å². The zero-order chi connectivity index (χ0) is 22.1. The fraction of sp³-hybridized carbons (Fsp3) is 0.200. The minimum Gasteiger partial charge on any atom is -0.494 e. The van der Waals surface area contributed by atoms with Crippen molar-refractivity contribution in [1.29, 1.82) is 0 Å². The number of rotatable bonds is 6. The van der Waals surface area contributed by atoms with E-state index in [0.29, 0.717) is 55.1 Å². The first kappa shape index (κ1) is 21.5. The number of nitrogens with zero attached hydrogens (tertiary/aromatic N) is 4. The molecule has 0 radical (unpaired) electrons. The zero-order valence-corrected chi connectivity index (χ0v) is 19.2. The quantitative estimate of drug-likeness (QED) is 0.376. The highest BCUT2D eigenvalue weighted by atomic mass is 35.5. The Morgan fingerprint density at radius 2 is 0.839 bits per heavy atom. The summed E-state index contributed by atoms with van der Waals surface area (Å²) in [6, 6.07) is 6.98. The van der Waals surface area contributed by atoms with Gasteiger partial charge >= 0.3 is 0 Å². The molecule has 0 spiro atoms. The lowest BCUT2D eigenvalue weighted by molar-refractivity contribution is 0.408. The molecule has 0 fully saturated rings. The molecule has 2 heterocycles. The topological polar surface area (TPSA) is 88.5 Å². The van der Waals surface area contributed by atoms with Crippen molar-refractivity contribution in [2.24, 2.45) is 0 Å². The number of hydrogen-bond acceptors (Lipinski definition) is 9. The molecule has 0 aliphatic heterocycles. The van der Waals surface area contributed by atoms with Crippen LogP contribution in [0, 0.1) is 0 Å². The van der Waals surface area contributed by atoms with E-state index in [9.17, 15) is 0 Å². The van der Waals surface area contributed by atoms with Crippen molar-refractivity contribution in [3.8, 4) is 23.0 Å². The number of methoxy groups -OCH3 is 4. The van der Waals surface area contributed by atoms with Gasteiger partial charge in [-0.15, -0.1) is 0 Å². The summed E-state index contributed by atoms with van der Waals surface area (Å²) in [5, 5.41) is 1.11. The maximum Gasteiger partial charge on any atom is 0.162 e. The zero-order valence-electron chi connectivity index (χ0n) is 16.9. The van der Waals surface area contributed by atoms with Crippen molar-refractivity contribution in [3.63, 3.8) is 0 Å².